The predicted molar refractivity (Wildman–Crippen MR) is 103 cm³/mol. The number of hydrogen-bond acceptors (Lipinski definition) is 6. The van der Waals surface area contributed by atoms with Gasteiger partial charge in [0.1, 0.15) is 17.1 Å². The van der Waals surface area contributed by atoms with Crippen LogP contribution in [0.4, 0.5) is 10.2 Å². The highest BCUT2D eigenvalue weighted by molar-refractivity contribution is 5.88. The molecule has 4 rings (SSSR count). The van der Waals surface area contributed by atoms with Gasteiger partial charge in [0, 0.05) is 30.6 Å². The molecule has 0 saturated carbocycles. The van der Waals surface area contributed by atoms with E-state index < -0.39 is 0 Å². The molecule has 1 atom stereocenters. The number of fused-ring (bicyclic) bond motifs is 1. The lowest BCUT2D eigenvalue weighted by atomic mass is 10.00. The van der Waals surface area contributed by atoms with Gasteiger partial charge in [-0.15, -0.1) is 0 Å². The van der Waals surface area contributed by atoms with E-state index in [2.05, 4.69) is 25.6 Å². The van der Waals surface area contributed by atoms with Crippen molar-refractivity contribution < 1.29 is 9.13 Å². The standard InChI is InChI=1S/C20H22FN5O/c1-27-14-4-5-15(16(21)9-14)17-10-18-19(24-8-7-23-18)20(26-17)25-12-13-3-2-6-22-11-13/h4-5,7-10,13,22H,2-3,6,11-12H2,1H3,(H,25,26). The van der Waals surface area contributed by atoms with Crippen molar-refractivity contribution in [2.24, 2.45) is 5.92 Å². The summed E-state index contributed by atoms with van der Waals surface area (Å²) in [7, 11) is 1.51. The van der Waals surface area contributed by atoms with E-state index in [1.165, 1.54) is 26.0 Å². The van der Waals surface area contributed by atoms with Crippen LogP contribution < -0.4 is 15.4 Å². The monoisotopic (exact) mass is 367 g/mol. The summed E-state index contributed by atoms with van der Waals surface area (Å²) in [6, 6.07) is 6.52. The Morgan fingerprint density at radius 3 is 2.93 bits per heavy atom. The van der Waals surface area contributed by atoms with Crippen LogP contribution in [0, 0.1) is 11.7 Å². The average molecular weight is 367 g/mol. The molecule has 1 aliphatic heterocycles. The molecule has 2 aromatic heterocycles. The highest BCUT2D eigenvalue weighted by Crippen LogP contribution is 2.29. The van der Waals surface area contributed by atoms with E-state index in [-0.39, 0.29) is 5.82 Å². The van der Waals surface area contributed by atoms with Crippen LogP contribution >= 0.6 is 0 Å². The largest absolute Gasteiger partial charge is 0.497 e. The van der Waals surface area contributed by atoms with Crippen molar-refractivity contribution in [3.05, 3.63) is 42.5 Å². The highest BCUT2D eigenvalue weighted by atomic mass is 19.1. The molecule has 140 valence electrons. The van der Waals surface area contributed by atoms with Crippen molar-refractivity contribution in [2.45, 2.75) is 12.8 Å². The van der Waals surface area contributed by atoms with E-state index in [9.17, 15) is 4.39 Å². The number of benzene rings is 1. The fourth-order valence-electron chi connectivity index (χ4n) is 3.40. The van der Waals surface area contributed by atoms with E-state index in [1.807, 2.05) is 0 Å². The van der Waals surface area contributed by atoms with Gasteiger partial charge in [-0.1, -0.05) is 0 Å². The number of anilines is 1. The number of aromatic nitrogens is 3. The highest BCUT2D eigenvalue weighted by Gasteiger charge is 2.16. The van der Waals surface area contributed by atoms with Gasteiger partial charge >= 0.3 is 0 Å². The van der Waals surface area contributed by atoms with E-state index in [4.69, 9.17) is 4.74 Å². The van der Waals surface area contributed by atoms with Crippen molar-refractivity contribution in [3.63, 3.8) is 0 Å². The van der Waals surface area contributed by atoms with Gasteiger partial charge in [-0.05, 0) is 50.0 Å². The molecule has 0 spiro atoms. The number of pyridine rings is 1. The molecule has 6 nitrogen and oxygen atoms in total. The summed E-state index contributed by atoms with van der Waals surface area (Å²) in [5, 5.41) is 6.82. The molecule has 1 saturated heterocycles. The van der Waals surface area contributed by atoms with Crippen LogP contribution in [0.1, 0.15) is 12.8 Å². The number of ether oxygens (including phenoxy) is 1. The lowest BCUT2D eigenvalue weighted by molar-refractivity contribution is 0.392. The molecule has 1 unspecified atom stereocenters. The minimum atomic E-state index is -0.382. The quantitative estimate of drug-likeness (QED) is 0.721. The van der Waals surface area contributed by atoms with Crippen LogP contribution in [-0.2, 0) is 0 Å². The molecule has 0 bridgehead atoms. The minimum Gasteiger partial charge on any atom is -0.497 e. The zero-order valence-electron chi connectivity index (χ0n) is 15.2. The van der Waals surface area contributed by atoms with Crippen LogP contribution in [0.5, 0.6) is 5.75 Å². The smallest absolute Gasteiger partial charge is 0.154 e. The van der Waals surface area contributed by atoms with E-state index >= 15 is 0 Å². The molecule has 3 heterocycles. The first kappa shape index (κ1) is 17.6. The van der Waals surface area contributed by atoms with Crippen molar-refractivity contribution in [1.82, 2.24) is 20.3 Å². The second kappa shape index (κ2) is 7.84. The van der Waals surface area contributed by atoms with Crippen molar-refractivity contribution in [1.29, 1.82) is 0 Å². The molecule has 1 aliphatic rings. The Hall–Kier alpha value is -2.80. The maximum Gasteiger partial charge on any atom is 0.154 e. The Morgan fingerprint density at radius 2 is 2.15 bits per heavy atom. The number of piperidine rings is 1. The first-order valence-corrected chi connectivity index (χ1v) is 9.15. The Morgan fingerprint density at radius 1 is 1.26 bits per heavy atom. The maximum absolute atomic E-state index is 14.5. The second-order valence-corrected chi connectivity index (χ2v) is 6.72. The molecule has 2 N–H and O–H groups in total. The molecule has 0 amide bonds. The lowest BCUT2D eigenvalue weighted by Gasteiger charge is -2.23. The fraction of sp³-hybridized carbons (Fsp3) is 0.350. The molecule has 3 aromatic rings. The zero-order valence-corrected chi connectivity index (χ0v) is 15.2. The summed E-state index contributed by atoms with van der Waals surface area (Å²) >= 11 is 0. The summed E-state index contributed by atoms with van der Waals surface area (Å²) in [5.74, 6) is 1.26. The number of halogens is 1. The summed E-state index contributed by atoms with van der Waals surface area (Å²) in [4.78, 5) is 13.5. The Balaban J connectivity index is 1.69. The third-order valence-corrected chi connectivity index (χ3v) is 4.87. The fourth-order valence-corrected chi connectivity index (χ4v) is 3.40. The molecule has 0 aliphatic carbocycles. The van der Waals surface area contributed by atoms with Crippen molar-refractivity contribution in [2.75, 3.05) is 32.1 Å². The first-order chi connectivity index (χ1) is 13.2. The summed E-state index contributed by atoms with van der Waals surface area (Å²) in [6.45, 7) is 2.86. The summed E-state index contributed by atoms with van der Waals surface area (Å²) in [6.07, 6.45) is 5.63. The molecule has 0 radical (unpaired) electrons. The van der Waals surface area contributed by atoms with Crippen LogP contribution in [0.2, 0.25) is 0 Å². The number of nitrogens with one attached hydrogen (secondary N) is 2. The van der Waals surface area contributed by atoms with Gasteiger partial charge in [-0.25, -0.2) is 14.4 Å². The topological polar surface area (TPSA) is 72.0 Å². The van der Waals surface area contributed by atoms with E-state index in [1.54, 1.807) is 30.6 Å². The Bertz CT molecular complexity index is 943. The van der Waals surface area contributed by atoms with Gasteiger partial charge < -0.3 is 15.4 Å². The third kappa shape index (κ3) is 3.83. The van der Waals surface area contributed by atoms with Gasteiger partial charge in [0.05, 0.1) is 18.3 Å². The average Bonchev–Trinajstić information content (AvgIpc) is 2.72. The van der Waals surface area contributed by atoms with Crippen LogP contribution in [0.15, 0.2) is 36.7 Å². The third-order valence-electron chi connectivity index (χ3n) is 4.87. The summed E-state index contributed by atoms with van der Waals surface area (Å²) < 4.78 is 19.6. The lowest BCUT2D eigenvalue weighted by Crippen LogP contribution is -2.33. The minimum absolute atomic E-state index is 0.382. The predicted octanol–water partition coefficient (Wildman–Crippen LogP) is 3.25. The van der Waals surface area contributed by atoms with Crippen molar-refractivity contribution >= 4 is 16.9 Å². The number of hydrogen-bond donors (Lipinski definition) is 2. The normalized spacial score (nSPS) is 17.0. The van der Waals surface area contributed by atoms with Gasteiger partial charge in [0.25, 0.3) is 0 Å². The summed E-state index contributed by atoms with van der Waals surface area (Å²) in [5.41, 5.74) is 2.30. The molecule has 27 heavy (non-hydrogen) atoms. The molecular weight excluding hydrogens is 345 g/mol. The number of methoxy groups -OCH3 is 1. The van der Waals surface area contributed by atoms with Crippen LogP contribution in [0.3, 0.4) is 0 Å². The second-order valence-electron chi connectivity index (χ2n) is 6.72. The van der Waals surface area contributed by atoms with Gasteiger partial charge in [0.2, 0.25) is 0 Å². The van der Waals surface area contributed by atoms with Gasteiger partial charge in [-0.2, -0.15) is 0 Å². The van der Waals surface area contributed by atoms with Crippen LogP contribution in [-0.4, -0.2) is 41.7 Å². The SMILES string of the molecule is COc1ccc(-c2cc3nccnc3c(NCC3CCCNC3)n2)c(F)c1. The molecule has 1 aromatic carbocycles. The molecule has 1 fully saturated rings. The zero-order chi connectivity index (χ0) is 18.6. The van der Waals surface area contributed by atoms with Crippen molar-refractivity contribution in [3.8, 4) is 17.0 Å². The first-order valence-electron chi connectivity index (χ1n) is 9.15. The molecular formula is C20H22FN5O. The van der Waals surface area contributed by atoms with E-state index in [0.717, 1.165) is 19.6 Å². The Labute approximate surface area is 157 Å². The van der Waals surface area contributed by atoms with Gasteiger partial charge in [0.15, 0.2) is 5.82 Å². The number of nitrogens with zero attached hydrogens (tertiary/aromatic N) is 3. The maximum atomic E-state index is 14.5. The number of rotatable bonds is 5. The van der Waals surface area contributed by atoms with E-state index in [0.29, 0.717) is 39.8 Å². The Kier molecular flexibility index (Phi) is 5.11. The van der Waals surface area contributed by atoms with Gasteiger partial charge in [-0.3, -0.25) is 4.98 Å². The van der Waals surface area contributed by atoms with Crippen LogP contribution in [0.25, 0.3) is 22.3 Å². The molecule has 7 heteroatoms.